The van der Waals surface area contributed by atoms with E-state index in [1.807, 2.05) is 48.7 Å². The van der Waals surface area contributed by atoms with E-state index in [1.165, 1.54) is 4.88 Å². The zero-order valence-electron chi connectivity index (χ0n) is 15.6. The van der Waals surface area contributed by atoms with Crippen molar-refractivity contribution in [2.75, 3.05) is 13.2 Å². The van der Waals surface area contributed by atoms with Crippen molar-refractivity contribution >= 4 is 17.2 Å². The average Bonchev–Trinajstić information content (AvgIpc) is 3.21. The molecule has 0 aliphatic carbocycles. The number of rotatable bonds is 9. The predicted octanol–water partition coefficient (Wildman–Crippen LogP) is 2.58. The summed E-state index contributed by atoms with van der Waals surface area (Å²) in [5.74, 6) is 1.04. The molecule has 146 valence electrons. The van der Waals surface area contributed by atoms with Crippen LogP contribution in [0.1, 0.15) is 23.9 Å². The molecule has 0 unspecified atom stereocenters. The first-order valence-corrected chi connectivity index (χ1v) is 10.0. The molecular formula is C20H22N4O3S. The Morgan fingerprint density at radius 1 is 1.18 bits per heavy atom. The van der Waals surface area contributed by atoms with Gasteiger partial charge in [0.1, 0.15) is 11.4 Å². The first-order chi connectivity index (χ1) is 13.7. The molecule has 8 heteroatoms. The molecule has 7 nitrogen and oxygen atoms in total. The number of hydrogen-bond acceptors (Lipinski definition) is 6. The van der Waals surface area contributed by atoms with E-state index in [9.17, 15) is 9.59 Å². The van der Waals surface area contributed by atoms with Gasteiger partial charge in [-0.3, -0.25) is 9.59 Å². The lowest BCUT2D eigenvalue weighted by atomic mass is 10.2. The van der Waals surface area contributed by atoms with E-state index in [4.69, 9.17) is 4.74 Å². The molecule has 1 amide bonds. The van der Waals surface area contributed by atoms with E-state index in [1.54, 1.807) is 11.3 Å². The molecule has 0 aliphatic rings. The van der Waals surface area contributed by atoms with Crippen molar-refractivity contribution in [1.82, 2.24) is 20.5 Å². The summed E-state index contributed by atoms with van der Waals surface area (Å²) in [5.41, 5.74) is 0.666. The van der Waals surface area contributed by atoms with Gasteiger partial charge in [0.05, 0.1) is 6.61 Å². The van der Waals surface area contributed by atoms with Crippen LogP contribution in [-0.4, -0.2) is 34.2 Å². The molecule has 3 aromatic rings. The lowest BCUT2D eigenvalue weighted by Crippen LogP contribution is -2.27. The molecule has 3 rings (SSSR count). The molecule has 0 spiro atoms. The van der Waals surface area contributed by atoms with Gasteiger partial charge in [-0.2, -0.15) is 0 Å². The average molecular weight is 398 g/mol. The van der Waals surface area contributed by atoms with Crippen molar-refractivity contribution < 1.29 is 9.53 Å². The van der Waals surface area contributed by atoms with E-state index in [-0.39, 0.29) is 30.0 Å². The monoisotopic (exact) mass is 398 g/mol. The lowest BCUT2D eigenvalue weighted by molar-refractivity contribution is -0.121. The van der Waals surface area contributed by atoms with E-state index in [2.05, 4.69) is 20.5 Å². The zero-order valence-corrected chi connectivity index (χ0v) is 16.4. The second-order valence-electron chi connectivity index (χ2n) is 6.09. The van der Waals surface area contributed by atoms with Gasteiger partial charge >= 0.3 is 0 Å². The summed E-state index contributed by atoms with van der Waals surface area (Å²) in [5, 5.41) is 13.0. The zero-order chi connectivity index (χ0) is 19.8. The van der Waals surface area contributed by atoms with Crippen molar-refractivity contribution in [3.05, 3.63) is 62.7 Å². The fourth-order valence-corrected chi connectivity index (χ4v) is 3.34. The van der Waals surface area contributed by atoms with Gasteiger partial charge in [0, 0.05) is 29.8 Å². The first kappa shape index (κ1) is 19.8. The molecule has 2 N–H and O–H groups in total. The third kappa shape index (κ3) is 5.50. The number of H-pyrrole nitrogens is 1. The number of carbonyl (C=O) groups excluding carboxylic acids is 1. The van der Waals surface area contributed by atoms with E-state index in [0.717, 1.165) is 17.7 Å². The maximum absolute atomic E-state index is 12.3. The number of ether oxygens (including phenoxy) is 1. The number of aromatic nitrogens is 3. The van der Waals surface area contributed by atoms with Crippen LogP contribution in [0.25, 0.3) is 11.4 Å². The molecule has 1 aromatic carbocycles. The Bertz CT molecular complexity index is 952. The van der Waals surface area contributed by atoms with Crippen LogP contribution in [0.4, 0.5) is 0 Å². The molecule has 0 saturated heterocycles. The molecule has 2 heterocycles. The van der Waals surface area contributed by atoms with Gasteiger partial charge in [-0.25, -0.2) is 0 Å². The number of amides is 1. The van der Waals surface area contributed by atoms with Crippen LogP contribution in [0.15, 0.2) is 46.6 Å². The number of nitrogens with zero attached hydrogens (tertiary/aromatic N) is 2. The van der Waals surface area contributed by atoms with Gasteiger partial charge in [0.15, 0.2) is 5.82 Å². The summed E-state index contributed by atoms with van der Waals surface area (Å²) in [6, 6.07) is 11.3. The van der Waals surface area contributed by atoms with Gasteiger partial charge in [-0.1, -0.05) is 6.07 Å². The lowest BCUT2D eigenvalue weighted by Gasteiger charge is -2.06. The van der Waals surface area contributed by atoms with Crippen molar-refractivity contribution in [3.63, 3.8) is 0 Å². The predicted molar refractivity (Wildman–Crippen MR) is 109 cm³/mol. The van der Waals surface area contributed by atoms with Gasteiger partial charge in [-0.15, -0.1) is 21.5 Å². The fraction of sp³-hybridized carbons (Fsp3) is 0.300. The van der Waals surface area contributed by atoms with Crippen molar-refractivity contribution in [2.24, 2.45) is 0 Å². The summed E-state index contributed by atoms with van der Waals surface area (Å²) < 4.78 is 5.40. The van der Waals surface area contributed by atoms with E-state index < -0.39 is 0 Å². The van der Waals surface area contributed by atoms with Crippen LogP contribution in [0.3, 0.4) is 0 Å². The van der Waals surface area contributed by atoms with Crippen LogP contribution < -0.4 is 15.6 Å². The standard InChI is InChI=1S/C20H22N4O3S/c1-2-27-15-7-5-14(6-8-15)19-22-20(26)17(23-24-19)9-10-18(25)21-12-11-16-4-3-13-28-16/h3-8,13H,2,9-12H2,1H3,(H,21,25)(H,22,24,26). The van der Waals surface area contributed by atoms with Gasteiger partial charge in [0.25, 0.3) is 5.56 Å². The van der Waals surface area contributed by atoms with Crippen LogP contribution in [0.5, 0.6) is 5.75 Å². The Kier molecular flexibility index (Phi) is 6.91. The summed E-state index contributed by atoms with van der Waals surface area (Å²) >= 11 is 1.67. The van der Waals surface area contributed by atoms with Crippen LogP contribution in [0, 0.1) is 0 Å². The third-order valence-electron chi connectivity index (χ3n) is 4.07. The Morgan fingerprint density at radius 2 is 2.00 bits per heavy atom. The number of benzene rings is 1. The molecule has 0 aliphatic heterocycles. The largest absolute Gasteiger partial charge is 0.494 e. The number of aromatic amines is 1. The highest BCUT2D eigenvalue weighted by Gasteiger charge is 2.09. The van der Waals surface area contributed by atoms with Crippen LogP contribution in [0.2, 0.25) is 0 Å². The van der Waals surface area contributed by atoms with Crippen molar-refractivity contribution in [2.45, 2.75) is 26.2 Å². The maximum atomic E-state index is 12.3. The second kappa shape index (κ2) is 9.80. The Morgan fingerprint density at radius 3 is 2.68 bits per heavy atom. The quantitative estimate of drug-likeness (QED) is 0.577. The number of aryl methyl sites for hydroxylation is 1. The number of nitrogens with one attached hydrogen (secondary N) is 2. The highest BCUT2D eigenvalue weighted by atomic mass is 32.1. The Labute approximate surface area is 166 Å². The molecule has 0 fully saturated rings. The fourth-order valence-electron chi connectivity index (χ4n) is 2.63. The van der Waals surface area contributed by atoms with Crippen molar-refractivity contribution in [1.29, 1.82) is 0 Å². The first-order valence-electron chi connectivity index (χ1n) is 9.14. The molecule has 0 saturated carbocycles. The topological polar surface area (TPSA) is 97.0 Å². The second-order valence-corrected chi connectivity index (χ2v) is 7.12. The SMILES string of the molecule is CCOc1ccc(-c2nnc(CCC(=O)NCCc3cccs3)c(=O)[nH]2)cc1. The molecule has 0 atom stereocenters. The third-order valence-corrected chi connectivity index (χ3v) is 5.00. The molecule has 28 heavy (non-hydrogen) atoms. The number of carbonyl (C=O) groups is 1. The normalized spacial score (nSPS) is 10.6. The Balaban J connectivity index is 1.52. The molecule has 0 radical (unpaired) electrons. The minimum atomic E-state index is -0.328. The van der Waals surface area contributed by atoms with Crippen molar-refractivity contribution in [3.8, 4) is 17.1 Å². The van der Waals surface area contributed by atoms with E-state index in [0.29, 0.717) is 19.0 Å². The van der Waals surface area contributed by atoms with Gasteiger partial charge < -0.3 is 15.0 Å². The molecule has 2 aromatic heterocycles. The maximum Gasteiger partial charge on any atom is 0.273 e. The van der Waals surface area contributed by atoms with Crippen LogP contribution >= 0.6 is 11.3 Å². The number of thiophene rings is 1. The van der Waals surface area contributed by atoms with Gasteiger partial charge in [0.2, 0.25) is 5.91 Å². The highest BCUT2D eigenvalue weighted by Crippen LogP contribution is 2.18. The summed E-state index contributed by atoms with van der Waals surface area (Å²) in [6.07, 6.45) is 1.25. The molecular weight excluding hydrogens is 376 g/mol. The minimum Gasteiger partial charge on any atom is -0.494 e. The van der Waals surface area contributed by atoms with Gasteiger partial charge in [-0.05, 0) is 49.1 Å². The summed E-state index contributed by atoms with van der Waals surface area (Å²) in [4.78, 5) is 28.2. The summed E-state index contributed by atoms with van der Waals surface area (Å²) in [7, 11) is 0. The Hall–Kier alpha value is -3.00. The minimum absolute atomic E-state index is 0.103. The smallest absolute Gasteiger partial charge is 0.273 e. The number of hydrogen-bond donors (Lipinski definition) is 2. The summed E-state index contributed by atoms with van der Waals surface area (Å²) in [6.45, 7) is 3.09. The van der Waals surface area contributed by atoms with Crippen LogP contribution in [-0.2, 0) is 17.6 Å². The van der Waals surface area contributed by atoms with E-state index >= 15 is 0 Å². The molecule has 0 bridgehead atoms. The highest BCUT2D eigenvalue weighted by molar-refractivity contribution is 7.09.